The summed E-state index contributed by atoms with van der Waals surface area (Å²) in [5.41, 5.74) is 1.73. The van der Waals surface area contributed by atoms with Crippen molar-refractivity contribution in [3.8, 4) is 0 Å². The summed E-state index contributed by atoms with van der Waals surface area (Å²) in [5, 5.41) is 10.9. The summed E-state index contributed by atoms with van der Waals surface area (Å²) in [5.74, 6) is 4.31. The maximum Gasteiger partial charge on any atom is 0.270 e. The molecule has 2 rings (SSSR count). The molecule has 0 aliphatic rings. The molecule has 0 bridgehead atoms. The number of hydrazine groups is 1. The van der Waals surface area contributed by atoms with Crippen molar-refractivity contribution in [2.24, 2.45) is 5.84 Å². The summed E-state index contributed by atoms with van der Waals surface area (Å²) in [7, 11) is -4.20. The second-order valence-electron chi connectivity index (χ2n) is 4.67. The fraction of sp³-hybridized carbons (Fsp3) is 0.0714. The van der Waals surface area contributed by atoms with Gasteiger partial charge in [0.25, 0.3) is 21.6 Å². The molecular formula is C14H14N4O5S. The first-order valence-electron chi connectivity index (χ1n) is 6.68. The summed E-state index contributed by atoms with van der Waals surface area (Å²) in [6.45, 7) is -0.564. The third kappa shape index (κ3) is 3.67. The zero-order chi connectivity index (χ0) is 17.7. The van der Waals surface area contributed by atoms with E-state index in [1.54, 1.807) is 18.2 Å². The highest BCUT2D eigenvalue weighted by Crippen LogP contribution is 2.25. The van der Waals surface area contributed by atoms with E-state index in [1.807, 2.05) is 5.43 Å². The Kier molecular flexibility index (Phi) is 5.11. The minimum Gasteiger partial charge on any atom is -0.293 e. The fourth-order valence-electron chi connectivity index (χ4n) is 1.97. The summed E-state index contributed by atoms with van der Waals surface area (Å²) >= 11 is 0. The third-order valence-electron chi connectivity index (χ3n) is 3.11. The molecule has 1 amide bonds. The van der Waals surface area contributed by atoms with Gasteiger partial charge in [-0.05, 0) is 18.2 Å². The van der Waals surface area contributed by atoms with Crippen LogP contribution in [0.25, 0.3) is 0 Å². The number of anilines is 1. The van der Waals surface area contributed by atoms with E-state index in [1.165, 1.54) is 30.3 Å². The van der Waals surface area contributed by atoms with Crippen molar-refractivity contribution in [3.05, 3.63) is 64.7 Å². The lowest BCUT2D eigenvalue weighted by Crippen LogP contribution is -2.43. The Balaban J connectivity index is 2.53. The van der Waals surface area contributed by atoms with E-state index in [2.05, 4.69) is 0 Å². The highest BCUT2D eigenvalue weighted by molar-refractivity contribution is 7.92. The van der Waals surface area contributed by atoms with E-state index in [4.69, 9.17) is 5.84 Å². The number of rotatable bonds is 6. The number of hydrogen-bond acceptors (Lipinski definition) is 6. The molecule has 2 aromatic rings. The molecule has 0 saturated heterocycles. The number of benzene rings is 2. The van der Waals surface area contributed by atoms with Crippen molar-refractivity contribution >= 4 is 27.3 Å². The number of para-hydroxylation sites is 1. The molecule has 126 valence electrons. The van der Waals surface area contributed by atoms with Crippen LogP contribution in [0.5, 0.6) is 0 Å². The molecule has 0 atom stereocenters. The Labute approximate surface area is 137 Å². The largest absolute Gasteiger partial charge is 0.293 e. The van der Waals surface area contributed by atoms with Gasteiger partial charge in [-0.2, -0.15) is 0 Å². The lowest BCUT2D eigenvalue weighted by atomic mass is 10.3. The molecule has 3 N–H and O–H groups in total. The number of carbonyl (C=O) groups excluding carboxylic acids is 1. The van der Waals surface area contributed by atoms with Crippen LogP contribution >= 0.6 is 0 Å². The number of amides is 1. The molecule has 0 aliphatic heterocycles. The van der Waals surface area contributed by atoms with Crippen molar-refractivity contribution < 1.29 is 18.1 Å². The third-order valence-corrected chi connectivity index (χ3v) is 4.88. The molecule has 2 aromatic carbocycles. The zero-order valence-electron chi connectivity index (χ0n) is 12.3. The number of carbonyl (C=O) groups is 1. The predicted octanol–water partition coefficient (Wildman–Crippen LogP) is 0.780. The first-order chi connectivity index (χ1) is 11.4. The molecule has 0 radical (unpaired) electrons. The minimum absolute atomic E-state index is 0.229. The average molecular weight is 350 g/mol. The van der Waals surface area contributed by atoms with Gasteiger partial charge in [-0.25, -0.2) is 14.3 Å². The number of sulfonamides is 1. The van der Waals surface area contributed by atoms with Gasteiger partial charge in [0.1, 0.15) is 6.54 Å². The van der Waals surface area contributed by atoms with Gasteiger partial charge in [-0.3, -0.25) is 24.6 Å². The van der Waals surface area contributed by atoms with Crippen LogP contribution < -0.4 is 15.6 Å². The molecule has 0 saturated carbocycles. The van der Waals surface area contributed by atoms with Crippen molar-refractivity contribution in [1.29, 1.82) is 0 Å². The average Bonchev–Trinajstić information content (AvgIpc) is 2.60. The molecule has 10 heteroatoms. The maximum atomic E-state index is 12.8. The fourth-order valence-corrected chi connectivity index (χ4v) is 3.43. The molecule has 0 heterocycles. The Morgan fingerprint density at radius 1 is 1.17 bits per heavy atom. The van der Waals surface area contributed by atoms with Crippen molar-refractivity contribution in [2.75, 3.05) is 10.8 Å². The Morgan fingerprint density at radius 2 is 1.83 bits per heavy atom. The number of nitrogens with two attached hydrogens (primary N) is 1. The van der Waals surface area contributed by atoms with Gasteiger partial charge in [0.05, 0.1) is 15.5 Å². The SMILES string of the molecule is NNC(=O)CN(c1ccccc1)S(=O)(=O)c1cccc([N+](=O)[O-])c1. The standard InChI is InChI=1S/C14H14N4O5S/c15-16-14(19)10-17(11-5-2-1-3-6-11)24(22,23)13-8-4-7-12(9-13)18(20)21/h1-9H,10,15H2,(H,16,19). The molecule has 0 spiro atoms. The second-order valence-corrected chi connectivity index (χ2v) is 6.53. The lowest BCUT2D eigenvalue weighted by Gasteiger charge is -2.23. The molecule has 0 aromatic heterocycles. The number of nitrogens with one attached hydrogen (secondary N) is 1. The van der Waals surface area contributed by atoms with Crippen LogP contribution in [0, 0.1) is 10.1 Å². The number of hydrogen-bond donors (Lipinski definition) is 2. The summed E-state index contributed by atoms with van der Waals surface area (Å²) in [6.07, 6.45) is 0. The van der Waals surface area contributed by atoms with Crippen LogP contribution in [0.2, 0.25) is 0 Å². The van der Waals surface area contributed by atoms with E-state index in [0.29, 0.717) is 0 Å². The Bertz CT molecular complexity index is 854. The van der Waals surface area contributed by atoms with E-state index < -0.39 is 27.4 Å². The van der Waals surface area contributed by atoms with Crippen LogP contribution in [-0.4, -0.2) is 25.8 Å². The Morgan fingerprint density at radius 3 is 2.42 bits per heavy atom. The Hall–Kier alpha value is -2.98. The van der Waals surface area contributed by atoms with E-state index >= 15 is 0 Å². The monoisotopic (exact) mass is 350 g/mol. The van der Waals surface area contributed by atoms with Crippen LogP contribution in [0.1, 0.15) is 0 Å². The number of nitrogens with zero attached hydrogens (tertiary/aromatic N) is 2. The quantitative estimate of drug-likeness (QED) is 0.342. The van der Waals surface area contributed by atoms with Gasteiger partial charge >= 0.3 is 0 Å². The van der Waals surface area contributed by atoms with Crippen LogP contribution in [0.15, 0.2) is 59.5 Å². The van der Waals surface area contributed by atoms with Crippen LogP contribution in [0.3, 0.4) is 0 Å². The van der Waals surface area contributed by atoms with Crippen LogP contribution in [0.4, 0.5) is 11.4 Å². The summed E-state index contributed by atoms with van der Waals surface area (Å²) < 4.78 is 26.5. The maximum absolute atomic E-state index is 12.8. The summed E-state index contributed by atoms with van der Waals surface area (Å²) in [6, 6.07) is 12.5. The van der Waals surface area contributed by atoms with Crippen molar-refractivity contribution in [2.45, 2.75) is 4.90 Å². The first kappa shape index (κ1) is 17.4. The van der Waals surface area contributed by atoms with Gasteiger partial charge in [0.15, 0.2) is 0 Å². The van der Waals surface area contributed by atoms with Gasteiger partial charge in [-0.15, -0.1) is 0 Å². The predicted molar refractivity (Wildman–Crippen MR) is 86.4 cm³/mol. The molecule has 0 fully saturated rings. The topological polar surface area (TPSA) is 136 Å². The van der Waals surface area contributed by atoms with Gasteiger partial charge in [-0.1, -0.05) is 24.3 Å². The van der Waals surface area contributed by atoms with Gasteiger partial charge in [0, 0.05) is 12.1 Å². The normalized spacial score (nSPS) is 10.9. The molecule has 0 aliphatic carbocycles. The molecule has 0 unspecified atom stereocenters. The highest BCUT2D eigenvalue weighted by atomic mass is 32.2. The second kappa shape index (κ2) is 7.06. The van der Waals surface area contributed by atoms with E-state index in [9.17, 15) is 23.3 Å². The molecular weight excluding hydrogens is 336 g/mol. The van der Waals surface area contributed by atoms with Crippen molar-refractivity contribution in [1.82, 2.24) is 5.43 Å². The lowest BCUT2D eigenvalue weighted by molar-refractivity contribution is -0.385. The molecule has 9 nitrogen and oxygen atoms in total. The first-order valence-corrected chi connectivity index (χ1v) is 8.12. The van der Waals surface area contributed by atoms with E-state index in [0.717, 1.165) is 10.4 Å². The minimum atomic E-state index is -4.20. The number of nitro groups is 1. The van der Waals surface area contributed by atoms with Gasteiger partial charge in [0.2, 0.25) is 0 Å². The number of nitro benzene ring substituents is 1. The van der Waals surface area contributed by atoms with Crippen molar-refractivity contribution in [3.63, 3.8) is 0 Å². The highest BCUT2D eigenvalue weighted by Gasteiger charge is 2.28. The molecule has 24 heavy (non-hydrogen) atoms. The smallest absolute Gasteiger partial charge is 0.270 e. The van der Waals surface area contributed by atoms with E-state index in [-0.39, 0.29) is 16.3 Å². The zero-order valence-corrected chi connectivity index (χ0v) is 13.1. The summed E-state index contributed by atoms with van der Waals surface area (Å²) in [4.78, 5) is 21.5. The van der Waals surface area contributed by atoms with Gasteiger partial charge < -0.3 is 0 Å². The number of non-ortho nitro benzene ring substituents is 1. The van der Waals surface area contributed by atoms with Crippen LogP contribution in [-0.2, 0) is 14.8 Å².